The molecule has 35 heavy (non-hydrogen) atoms. The number of aromatic nitrogens is 4. The van der Waals surface area contributed by atoms with Crippen LogP contribution in [0.3, 0.4) is 0 Å². The SMILES string of the molecule is [CH2-]C(C)(C)n1ccc(C(=O)NCC(=O)Nc2nc(-c3cccc(-c4ccn(C)n4)c3)cs2)c1.[CH3-].[U+2]. The molecule has 1 aromatic carbocycles. The van der Waals surface area contributed by atoms with E-state index in [0.717, 1.165) is 22.5 Å². The number of rotatable bonds is 7. The molecule has 10 heteroatoms. The fourth-order valence-corrected chi connectivity index (χ4v) is 3.94. The van der Waals surface area contributed by atoms with Gasteiger partial charge >= 0.3 is 31.1 Å². The van der Waals surface area contributed by atoms with Crippen LogP contribution in [0.25, 0.3) is 22.5 Å². The molecule has 0 spiro atoms. The Bertz CT molecular complexity index is 1300. The third kappa shape index (κ3) is 7.17. The van der Waals surface area contributed by atoms with Crippen molar-refractivity contribution in [3.63, 3.8) is 0 Å². The summed E-state index contributed by atoms with van der Waals surface area (Å²) in [5.74, 6) is -0.664. The zero-order valence-electron chi connectivity index (χ0n) is 20.2. The van der Waals surface area contributed by atoms with Crippen LogP contribution in [-0.2, 0) is 17.4 Å². The summed E-state index contributed by atoms with van der Waals surface area (Å²) in [7, 11) is 1.88. The van der Waals surface area contributed by atoms with Crippen molar-refractivity contribution in [1.82, 2.24) is 24.6 Å². The Morgan fingerprint density at radius 3 is 2.46 bits per heavy atom. The number of thiazole rings is 1. The van der Waals surface area contributed by atoms with Crippen molar-refractivity contribution >= 4 is 28.3 Å². The molecule has 3 aromatic heterocycles. The molecule has 0 radical (unpaired) electrons. The van der Waals surface area contributed by atoms with Gasteiger partial charge in [-0.2, -0.15) is 5.10 Å². The number of nitrogens with zero attached hydrogens (tertiary/aromatic N) is 4. The number of benzene rings is 1. The molecule has 0 bridgehead atoms. The summed E-state index contributed by atoms with van der Waals surface area (Å²) in [5, 5.41) is 12.2. The van der Waals surface area contributed by atoms with E-state index in [2.05, 4.69) is 27.6 Å². The maximum absolute atomic E-state index is 12.3. The van der Waals surface area contributed by atoms with E-state index in [0.29, 0.717) is 10.7 Å². The molecule has 0 aliphatic heterocycles. The molecule has 2 amide bonds. The van der Waals surface area contributed by atoms with Crippen LogP contribution in [0.15, 0.2) is 60.4 Å². The number of nitrogens with one attached hydrogen (secondary N) is 2. The first-order chi connectivity index (χ1) is 15.7. The van der Waals surface area contributed by atoms with Gasteiger partial charge in [-0.25, -0.2) is 4.98 Å². The summed E-state index contributed by atoms with van der Waals surface area (Å²) in [6.45, 7) is 7.77. The summed E-state index contributed by atoms with van der Waals surface area (Å²) in [4.78, 5) is 29.2. The van der Waals surface area contributed by atoms with Gasteiger partial charge in [-0.05, 0) is 18.2 Å². The van der Waals surface area contributed by atoms with Crippen molar-refractivity contribution in [2.75, 3.05) is 11.9 Å². The Labute approximate surface area is 233 Å². The minimum absolute atomic E-state index is 0. The molecule has 0 saturated carbocycles. The standard InChI is InChI=1S/C24H25N6O2S.CH3.U/c1-24(2,3)30-11-8-18(14-30)22(32)25-13-21(31)27-23-26-20(15-33-23)17-7-5-6-16(12-17)19-9-10-29(4)28-19;;/h5-12,14-15H,1,13H2,2-4H3,(H,25,32)(H,26,27,31);1H3;/q2*-1;+2. The van der Waals surface area contributed by atoms with Crippen LogP contribution in [0.5, 0.6) is 0 Å². The topological polar surface area (TPSA) is 93.8 Å². The average Bonchev–Trinajstić information content (AvgIpc) is 3.52. The van der Waals surface area contributed by atoms with Crippen LogP contribution in [0.4, 0.5) is 5.13 Å². The third-order valence-corrected chi connectivity index (χ3v) is 5.74. The van der Waals surface area contributed by atoms with Crippen molar-refractivity contribution in [3.8, 4) is 22.5 Å². The zero-order chi connectivity index (χ0) is 23.6. The Balaban J connectivity index is 0.00000216. The fraction of sp³-hybridized carbons (Fsp3) is 0.200. The number of aryl methyl sites for hydroxylation is 1. The van der Waals surface area contributed by atoms with Crippen molar-refractivity contribution in [2.24, 2.45) is 7.05 Å². The first kappa shape index (κ1) is 28.6. The predicted molar refractivity (Wildman–Crippen MR) is 136 cm³/mol. The molecule has 8 nitrogen and oxygen atoms in total. The van der Waals surface area contributed by atoms with Gasteiger partial charge in [0.15, 0.2) is 5.13 Å². The predicted octanol–water partition coefficient (Wildman–Crippen LogP) is 4.40. The van der Waals surface area contributed by atoms with Crippen LogP contribution in [-0.4, -0.2) is 37.7 Å². The molecule has 4 rings (SSSR count). The first-order valence-corrected chi connectivity index (χ1v) is 11.2. The Morgan fingerprint density at radius 1 is 1.11 bits per heavy atom. The summed E-state index contributed by atoms with van der Waals surface area (Å²) in [5.41, 5.74) is 3.67. The van der Waals surface area contributed by atoms with Crippen molar-refractivity contribution in [2.45, 2.75) is 19.4 Å². The second-order valence-electron chi connectivity index (χ2n) is 8.34. The molecular formula is C25H28N6O2SU. The number of anilines is 1. The van der Waals surface area contributed by atoms with E-state index in [-0.39, 0.29) is 62.4 Å². The molecule has 3 heterocycles. The molecule has 0 saturated heterocycles. The zero-order valence-corrected chi connectivity index (χ0v) is 25.2. The van der Waals surface area contributed by atoms with Crippen LogP contribution < -0.4 is 10.6 Å². The van der Waals surface area contributed by atoms with Gasteiger partial charge in [0.2, 0.25) is 5.91 Å². The maximum Gasteiger partial charge on any atom is 2.00 e. The van der Waals surface area contributed by atoms with Crippen molar-refractivity contribution < 1.29 is 40.7 Å². The molecule has 2 N–H and O–H groups in total. The molecule has 0 aliphatic carbocycles. The average molecular weight is 715 g/mol. The largest absolute Gasteiger partial charge is 2.00 e. The number of amides is 2. The van der Waals surface area contributed by atoms with E-state index in [1.165, 1.54) is 11.3 Å². The Hall–Kier alpha value is -2.67. The number of hydrogen-bond acceptors (Lipinski definition) is 5. The van der Waals surface area contributed by atoms with E-state index < -0.39 is 0 Å². The van der Waals surface area contributed by atoms with Gasteiger partial charge in [0.1, 0.15) is 0 Å². The molecule has 0 fully saturated rings. The summed E-state index contributed by atoms with van der Waals surface area (Å²) >= 11 is 1.33. The third-order valence-electron chi connectivity index (χ3n) is 4.98. The second-order valence-corrected chi connectivity index (χ2v) is 9.20. The van der Waals surface area contributed by atoms with E-state index in [4.69, 9.17) is 0 Å². The number of carbonyl (C=O) groups excluding carboxylic acids is 2. The minimum atomic E-state index is -0.365. The van der Waals surface area contributed by atoms with Crippen LogP contribution in [0.1, 0.15) is 24.2 Å². The van der Waals surface area contributed by atoms with E-state index >= 15 is 0 Å². The summed E-state index contributed by atoms with van der Waals surface area (Å²) in [6.07, 6.45) is 5.41. The monoisotopic (exact) mass is 714 g/mol. The van der Waals surface area contributed by atoms with Gasteiger partial charge in [-0.3, -0.25) is 14.3 Å². The van der Waals surface area contributed by atoms with Gasteiger partial charge in [0, 0.05) is 42.1 Å². The van der Waals surface area contributed by atoms with Crippen LogP contribution in [0, 0.1) is 45.5 Å². The quantitative estimate of drug-likeness (QED) is 0.278. The second kappa shape index (κ2) is 11.8. The fourth-order valence-electron chi connectivity index (χ4n) is 3.20. The molecule has 0 aliphatic rings. The van der Waals surface area contributed by atoms with Crippen LogP contribution >= 0.6 is 11.3 Å². The van der Waals surface area contributed by atoms with Crippen molar-refractivity contribution in [1.29, 1.82) is 0 Å². The number of carbonyl (C=O) groups is 2. The van der Waals surface area contributed by atoms with E-state index in [1.807, 2.05) is 67.4 Å². The van der Waals surface area contributed by atoms with Gasteiger partial charge < -0.3 is 29.6 Å². The minimum Gasteiger partial charge on any atom is -0.378 e. The Morgan fingerprint density at radius 2 is 1.83 bits per heavy atom. The maximum atomic E-state index is 12.3. The molecule has 0 unspecified atom stereocenters. The van der Waals surface area contributed by atoms with Gasteiger partial charge in [-0.1, -0.05) is 37.6 Å². The molecule has 180 valence electrons. The smallest absolute Gasteiger partial charge is 0.378 e. The first-order valence-electron chi connectivity index (χ1n) is 10.4. The molecular weight excluding hydrogens is 686 g/mol. The summed E-state index contributed by atoms with van der Waals surface area (Å²) < 4.78 is 3.61. The van der Waals surface area contributed by atoms with Crippen molar-refractivity contribution in [3.05, 3.63) is 80.3 Å². The molecule has 0 atom stereocenters. The van der Waals surface area contributed by atoms with Gasteiger partial charge in [-0.15, -0.1) is 11.3 Å². The summed E-state index contributed by atoms with van der Waals surface area (Å²) in [6, 6.07) is 11.6. The van der Waals surface area contributed by atoms with E-state index in [1.54, 1.807) is 23.1 Å². The van der Waals surface area contributed by atoms with Crippen LogP contribution in [0.2, 0.25) is 0 Å². The van der Waals surface area contributed by atoms with Gasteiger partial charge in [0.05, 0.1) is 23.5 Å². The normalized spacial score (nSPS) is 10.7. The molecule has 4 aromatic rings. The van der Waals surface area contributed by atoms with E-state index in [9.17, 15) is 9.59 Å². The number of hydrogen-bond donors (Lipinski definition) is 2. The Kier molecular flexibility index (Phi) is 9.67. The van der Waals surface area contributed by atoms with Gasteiger partial charge in [0.25, 0.3) is 5.91 Å².